The Bertz CT molecular complexity index is 197. The van der Waals surface area contributed by atoms with Crippen LogP contribution in [-0.4, -0.2) is 30.1 Å². The van der Waals surface area contributed by atoms with Crippen LogP contribution < -0.4 is 0 Å². The van der Waals surface area contributed by atoms with Gasteiger partial charge in [0.1, 0.15) is 0 Å². The lowest BCUT2D eigenvalue weighted by molar-refractivity contribution is 0.113. The van der Waals surface area contributed by atoms with Crippen molar-refractivity contribution in [3.8, 4) is 0 Å². The van der Waals surface area contributed by atoms with Gasteiger partial charge in [0.15, 0.2) is 0 Å². The van der Waals surface area contributed by atoms with Crippen LogP contribution in [0.3, 0.4) is 0 Å². The van der Waals surface area contributed by atoms with Crippen LogP contribution in [0.15, 0.2) is 5.18 Å². The number of hydrogen-bond donors (Lipinski definition) is 0. The predicted molar refractivity (Wildman–Crippen MR) is 52.6 cm³/mol. The molecule has 1 aliphatic carbocycles. The zero-order valence-corrected chi connectivity index (χ0v) is 8.33. The van der Waals surface area contributed by atoms with Gasteiger partial charge in [0.25, 0.3) is 0 Å². The van der Waals surface area contributed by atoms with Crippen LogP contribution >= 0.6 is 0 Å². The van der Waals surface area contributed by atoms with Crippen LogP contribution in [0.2, 0.25) is 0 Å². The number of hydrogen-bond acceptors (Lipinski definition) is 3. The molecule has 0 bridgehead atoms. The first kappa shape index (κ1) is 9.13. The summed E-state index contributed by atoms with van der Waals surface area (Å²) in [6, 6.07) is 0.111. The highest BCUT2D eigenvalue weighted by Crippen LogP contribution is 2.41. The van der Waals surface area contributed by atoms with Crippen LogP contribution in [0, 0.1) is 4.91 Å². The number of nitrogens with zero attached hydrogens (tertiary/aromatic N) is 2. The summed E-state index contributed by atoms with van der Waals surface area (Å²) in [5.41, 5.74) is 0.446. The highest BCUT2D eigenvalue weighted by molar-refractivity contribution is 4.98. The molecule has 1 aliphatic heterocycles. The maximum absolute atomic E-state index is 10.4. The van der Waals surface area contributed by atoms with Crippen molar-refractivity contribution < 1.29 is 0 Å². The van der Waals surface area contributed by atoms with E-state index < -0.39 is 0 Å². The molecule has 1 heterocycles. The number of nitroso groups, excluding NO2 is 1. The Morgan fingerprint density at radius 1 is 1.31 bits per heavy atom. The summed E-state index contributed by atoms with van der Waals surface area (Å²) < 4.78 is 0. The van der Waals surface area contributed by atoms with Crippen molar-refractivity contribution >= 4 is 0 Å². The molecule has 1 saturated heterocycles. The summed E-state index contributed by atoms with van der Waals surface area (Å²) in [4.78, 5) is 12.9. The van der Waals surface area contributed by atoms with Crippen molar-refractivity contribution in [3.05, 3.63) is 4.91 Å². The Labute approximate surface area is 79.5 Å². The van der Waals surface area contributed by atoms with Crippen molar-refractivity contribution in [3.63, 3.8) is 0 Å². The summed E-state index contributed by atoms with van der Waals surface area (Å²) >= 11 is 0. The lowest BCUT2D eigenvalue weighted by Gasteiger charge is -2.40. The normalized spacial score (nSPS) is 41.2. The molecule has 1 spiro atoms. The first-order chi connectivity index (χ1) is 6.27. The molecule has 0 aromatic heterocycles. The van der Waals surface area contributed by atoms with Gasteiger partial charge in [-0.15, -0.1) is 0 Å². The lowest BCUT2D eigenvalue weighted by Crippen LogP contribution is -2.44. The number of rotatable bonds is 1. The summed E-state index contributed by atoms with van der Waals surface area (Å²) in [6.07, 6.45) is 7.03. The Morgan fingerprint density at radius 2 is 2.00 bits per heavy atom. The van der Waals surface area contributed by atoms with Gasteiger partial charge >= 0.3 is 0 Å². The third-order valence-corrected chi connectivity index (χ3v) is 3.98. The lowest BCUT2D eigenvalue weighted by atomic mass is 9.78. The Kier molecular flexibility index (Phi) is 2.37. The van der Waals surface area contributed by atoms with Gasteiger partial charge in [-0.1, -0.05) is 5.18 Å². The van der Waals surface area contributed by atoms with Gasteiger partial charge in [-0.2, -0.15) is 4.91 Å². The van der Waals surface area contributed by atoms with Crippen molar-refractivity contribution in [2.24, 2.45) is 5.18 Å². The SMILES string of the molecule is CN1CCCC12CCC(N=O)CC2. The second-order valence-corrected chi connectivity index (χ2v) is 4.59. The topological polar surface area (TPSA) is 32.7 Å². The van der Waals surface area contributed by atoms with E-state index in [9.17, 15) is 4.91 Å². The van der Waals surface area contributed by atoms with Crippen LogP contribution in [-0.2, 0) is 0 Å². The van der Waals surface area contributed by atoms with E-state index in [1.54, 1.807) is 0 Å². The first-order valence-electron chi connectivity index (χ1n) is 5.30. The molecule has 13 heavy (non-hydrogen) atoms. The van der Waals surface area contributed by atoms with E-state index in [1.807, 2.05) is 0 Å². The minimum atomic E-state index is 0.111. The molecule has 3 nitrogen and oxygen atoms in total. The summed E-state index contributed by atoms with van der Waals surface area (Å²) in [7, 11) is 2.22. The minimum Gasteiger partial charge on any atom is -0.301 e. The molecule has 0 aromatic rings. The monoisotopic (exact) mass is 182 g/mol. The Morgan fingerprint density at radius 3 is 2.46 bits per heavy atom. The van der Waals surface area contributed by atoms with Crippen LogP contribution in [0.1, 0.15) is 38.5 Å². The van der Waals surface area contributed by atoms with Crippen molar-refractivity contribution in [2.45, 2.75) is 50.1 Å². The van der Waals surface area contributed by atoms with Gasteiger partial charge < -0.3 is 4.90 Å². The molecule has 0 atom stereocenters. The van der Waals surface area contributed by atoms with E-state index in [-0.39, 0.29) is 6.04 Å². The fraction of sp³-hybridized carbons (Fsp3) is 1.00. The molecule has 3 heteroatoms. The molecule has 0 radical (unpaired) electrons. The van der Waals surface area contributed by atoms with Crippen molar-refractivity contribution in [1.82, 2.24) is 4.90 Å². The van der Waals surface area contributed by atoms with Crippen molar-refractivity contribution in [2.75, 3.05) is 13.6 Å². The number of likely N-dealkylation sites (tertiary alicyclic amines) is 1. The molecule has 0 unspecified atom stereocenters. The van der Waals surface area contributed by atoms with E-state index in [0.717, 1.165) is 12.8 Å². The molecule has 0 N–H and O–H groups in total. The molecule has 2 rings (SSSR count). The Balaban J connectivity index is 1.99. The quantitative estimate of drug-likeness (QED) is 0.582. The van der Waals surface area contributed by atoms with Crippen molar-refractivity contribution in [1.29, 1.82) is 0 Å². The summed E-state index contributed by atoms with van der Waals surface area (Å²) in [5.74, 6) is 0. The summed E-state index contributed by atoms with van der Waals surface area (Å²) in [5, 5.41) is 3.16. The largest absolute Gasteiger partial charge is 0.301 e. The molecule has 0 aromatic carbocycles. The fourth-order valence-corrected chi connectivity index (χ4v) is 2.95. The van der Waals surface area contributed by atoms with E-state index in [1.165, 1.54) is 32.2 Å². The first-order valence-corrected chi connectivity index (χ1v) is 5.30. The van der Waals surface area contributed by atoms with Crippen LogP contribution in [0.5, 0.6) is 0 Å². The van der Waals surface area contributed by atoms with Gasteiger partial charge in [0.2, 0.25) is 0 Å². The van der Waals surface area contributed by atoms with E-state index >= 15 is 0 Å². The maximum Gasteiger partial charge on any atom is 0.0921 e. The average molecular weight is 182 g/mol. The maximum atomic E-state index is 10.4. The van der Waals surface area contributed by atoms with E-state index in [2.05, 4.69) is 17.1 Å². The zero-order valence-electron chi connectivity index (χ0n) is 8.33. The van der Waals surface area contributed by atoms with Crippen LogP contribution in [0.25, 0.3) is 0 Å². The third-order valence-electron chi connectivity index (χ3n) is 3.98. The van der Waals surface area contributed by atoms with Gasteiger partial charge in [-0.05, 0) is 52.1 Å². The molecule has 2 fully saturated rings. The van der Waals surface area contributed by atoms with E-state index in [0.29, 0.717) is 5.54 Å². The predicted octanol–water partition coefficient (Wildman–Crippen LogP) is 2.16. The third kappa shape index (κ3) is 1.50. The minimum absolute atomic E-state index is 0.111. The highest BCUT2D eigenvalue weighted by atomic mass is 16.3. The molecule has 0 amide bonds. The second kappa shape index (κ2) is 3.37. The second-order valence-electron chi connectivity index (χ2n) is 4.59. The van der Waals surface area contributed by atoms with E-state index in [4.69, 9.17) is 0 Å². The molecular weight excluding hydrogens is 164 g/mol. The molecular formula is C10H18N2O. The summed E-state index contributed by atoms with van der Waals surface area (Å²) in [6.45, 7) is 1.24. The van der Waals surface area contributed by atoms with Crippen LogP contribution in [0.4, 0.5) is 0 Å². The molecule has 1 saturated carbocycles. The van der Waals surface area contributed by atoms with Gasteiger partial charge in [-0.3, -0.25) is 0 Å². The zero-order chi connectivity index (χ0) is 9.31. The average Bonchev–Trinajstić information content (AvgIpc) is 2.50. The highest BCUT2D eigenvalue weighted by Gasteiger charge is 2.41. The van der Waals surface area contributed by atoms with Gasteiger partial charge in [0, 0.05) is 5.54 Å². The smallest absolute Gasteiger partial charge is 0.0921 e. The molecule has 74 valence electrons. The molecule has 2 aliphatic rings. The van der Waals surface area contributed by atoms with Gasteiger partial charge in [-0.25, -0.2) is 0 Å². The standard InChI is InChI=1S/C10H18N2O/c1-12-8-2-5-10(12)6-3-9(11-13)4-7-10/h9H,2-8H2,1H3. The van der Waals surface area contributed by atoms with Gasteiger partial charge in [0.05, 0.1) is 6.04 Å². The fourth-order valence-electron chi connectivity index (χ4n) is 2.95. The Hall–Kier alpha value is -0.440.